The first kappa shape index (κ1) is 28.7. The van der Waals surface area contributed by atoms with Crippen molar-refractivity contribution in [3.05, 3.63) is 58.2 Å². The molecule has 0 amide bonds. The highest BCUT2D eigenvalue weighted by Crippen LogP contribution is 2.29. The number of benzene rings is 1. The Morgan fingerprint density at radius 3 is 1.89 bits per heavy atom. The van der Waals surface area contributed by atoms with E-state index in [-0.39, 0.29) is 18.0 Å². The summed E-state index contributed by atoms with van der Waals surface area (Å²) in [7, 11) is 0. The van der Waals surface area contributed by atoms with Gasteiger partial charge in [-0.25, -0.2) is 4.79 Å². The summed E-state index contributed by atoms with van der Waals surface area (Å²) in [6, 6.07) is 6.83. The Morgan fingerprint density at radius 1 is 0.829 bits per heavy atom. The number of carbonyl (C=O) groups excluding carboxylic acids is 2. The number of carbonyl (C=O) groups is 3. The van der Waals surface area contributed by atoms with Crippen molar-refractivity contribution >= 4 is 17.5 Å². The van der Waals surface area contributed by atoms with E-state index in [4.69, 9.17) is 0 Å². The molecule has 0 heterocycles. The summed E-state index contributed by atoms with van der Waals surface area (Å²) in [5, 5.41) is 9.68. The minimum atomic E-state index is -0.943. The van der Waals surface area contributed by atoms with Gasteiger partial charge in [-0.15, -0.1) is 0 Å². The van der Waals surface area contributed by atoms with Crippen molar-refractivity contribution in [2.24, 2.45) is 17.8 Å². The van der Waals surface area contributed by atoms with E-state index in [0.29, 0.717) is 40.2 Å². The first-order valence-corrected chi connectivity index (χ1v) is 13.4. The third-order valence-electron chi connectivity index (χ3n) is 7.33. The third kappa shape index (κ3) is 8.91. The number of aliphatic carboxylic acids is 1. The number of carboxylic acids is 1. The van der Waals surface area contributed by atoms with Crippen LogP contribution in [0.25, 0.3) is 0 Å². The second-order valence-corrected chi connectivity index (χ2v) is 10.9. The molecule has 1 N–H and O–H groups in total. The van der Waals surface area contributed by atoms with Crippen molar-refractivity contribution in [3.63, 3.8) is 0 Å². The summed E-state index contributed by atoms with van der Waals surface area (Å²) in [6.45, 7) is 10.8. The molecule has 2 rings (SSSR count). The first-order chi connectivity index (χ1) is 16.6. The molecule has 2 unspecified atom stereocenters. The van der Waals surface area contributed by atoms with Crippen LogP contribution in [0.15, 0.2) is 47.1 Å². The van der Waals surface area contributed by atoms with Crippen LogP contribution in [0.2, 0.25) is 0 Å². The van der Waals surface area contributed by atoms with E-state index in [1.807, 2.05) is 0 Å². The molecule has 2 atom stereocenters. The zero-order valence-corrected chi connectivity index (χ0v) is 22.4. The van der Waals surface area contributed by atoms with Gasteiger partial charge >= 0.3 is 5.97 Å². The standard InChI is InChI=1S/C31H44O4/c1-21(2)11-8-12-22(3)13-9-14-23(4)15-10-16-25(31(34)35)19-20-26-24(5)29(32)27-17-6-7-18-28(27)30(26)33/h6-7,17-19,21-23H,8-16,20H2,1-5H3,(H,34,35)/b25-19+. The van der Waals surface area contributed by atoms with Gasteiger partial charge in [0.1, 0.15) is 0 Å². The van der Waals surface area contributed by atoms with Crippen LogP contribution in [-0.4, -0.2) is 22.6 Å². The fourth-order valence-corrected chi connectivity index (χ4v) is 4.94. The molecule has 1 aliphatic rings. The predicted octanol–water partition coefficient (Wildman–Crippen LogP) is 8.22. The topological polar surface area (TPSA) is 71.4 Å². The quantitative estimate of drug-likeness (QED) is 0.257. The van der Waals surface area contributed by atoms with Gasteiger partial charge < -0.3 is 5.11 Å². The first-order valence-electron chi connectivity index (χ1n) is 13.4. The maximum absolute atomic E-state index is 12.9. The maximum atomic E-state index is 12.9. The number of hydrogen-bond acceptors (Lipinski definition) is 3. The Kier molecular flexibility index (Phi) is 11.6. The van der Waals surface area contributed by atoms with E-state index in [1.165, 1.54) is 38.5 Å². The molecule has 0 aliphatic heterocycles. The monoisotopic (exact) mass is 480 g/mol. The van der Waals surface area contributed by atoms with Crippen LogP contribution in [0.5, 0.6) is 0 Å². The minimum Gasteiger partial charge on any atom is -0.478 e. The van der Waals surface area contributed by atoms with Gasteiger partial charge in [-0.05, 0) is 43.9 Å². The number of allylic oxidation sites excluding steroid dienone is 3. The van der Waals surface area contributed by atoms with Gasteiger partial charge in [-0.2, -0.15) is 0 Å². The van der Waals surface area contributed by atoms with Gasteiger partial charge in [0.25, 0.3) is 0 Å². The molecule has 0 aromatic heterocycles. The lowest BCUT2D eigenvalue weighted by atomic mass is 9.83. The Labute approximate surface area is 211 Å². The molecule has 0 fully saturated rings. The Hall–Kier alpha value is -2.49. The molecular weight excluding hydrogens is 436 g/mol. The van der Waals surface area contributed by atoms with Crippen molar-refractivity contribution in [2.75, 3.05) is 0 Å². The van der Waals surface area contributed by atoms with Crippen LogP contribution in [-0.2, 0) is 4.79 Å². The van der Waals surface area contributed by atoms with Gasteiger partial charge in [0.15, 0.2) is 11.6 Å². The summed E-state index contributed by atoms with van der Waals surface area (Å²) in [4.78, 5) is 37.4. The van der Waals surface area contributed by atoms with Crippen LogP contribution in [0, 0.1) is 17.8 Å². The van der Waals surface area contributed by atoms with Crippen LogP contribution >= 0.6 is 0 Å². The third-order valence-corrected chi connectivity index (χ3v) is 7.33. The number of ketones is 2. The van der Waals surface area contributed by atoms with Crippen LogP contribution in [0.4, 0.5) is 0 Å². The molecule has 192 valence electrons. The summed E-state index contributed by atoms with van der Waals surface area (Å²) < 4.78 is 0. The summed E-state index contributed by atoms with van der Waals surface area (Å²) in [5.74, 6) is 0.874. The summed E-state index contributed by atoms with van der Waals surface area (Å²) in [5.41, 5.74) is 1.99. The molecular formula is C31H44O4. The van der Waals surface area contributed by atoms with Crippen molar-refractivity contribution < 1.29 is 19.5 Å². The number of carboxylic acid groups (broad SMARTS) is 1. The molecule has 4 heteroatoms. The molecule has 0 saturated carbocycles. The fraction of sp³-hybridized carbons (Fsp3) is 0.581. The Bertz CT molecular complexity index is 950. The average molecular weight is 481 g/mol. The lowest BCUT2D eigenvalue weighted by Crippen LogP contribution is -2.20. The van der Waals surface area contributed by atoms with Gasteiger partial charge in [-0.3, -0.25) is 9.59 Å². The van der Waals surface area contributed by atoms with Gasteiger partial charge in [0.2, 0.25) is 0 Å². The molecule has 0 spiro atoms. The number of rotatable bonds is 15. The second-order valence-electron chi connectivity index (χ2n) is 10.9. The van der Waals surface area contributed by atoms with E-state index in [0.717, 1.165) is 24.7 Å². The molecule has 1 aromatic rings. The zero-order chi connectivity index (χ0) is 26.0. The molecule has 1 aliphatic carbocycles. The Morgan fingerprint density at radius 2 is 1.34 bits per heavy atom. The van der Waals surface area contributed by atoms with Gasteiger partial charge in [0.05, 0.1) is 0 Å². The highest BCUT2D eigenvalue weighted by atomic mass is 16.4. The van der Waals surface area contributed by atoms with Crippen molar-refractivity contribution in [1.29, 1.82) is 0 Å². The van der Waals surface area contributed by atoms with E-state index in [1.54, 1.807) is 37.3 Å². The normalized spacial score (nSPS) is 16.0. The predicted molar refractivity (Wildman–Crippen MR) is 143 cm³/mol. The SMILES string of the molecule is CC1=C(C/C=C(\CCCC(C)CCCC(C)CCCC(C)C)C(=O)O)C(=O)c2ccccc2C1=O. The lowest BCUT2D eigenvalue weighted by molar-refractivity contribution is -0.132. The van der Waals surface area contributed by atoms with Gasteiger partial charge in [0, 0.05) is 27.8 Å². The van der Waals surface area contributed by atoms with Crippen LogP contribution in [0.3, 0.4) is 0 Å². The molecule has 1 aromatic carbocycles. The second kappa shape index (κ2) is 14.2. The van der Waals surface area contributed by atoms with E-state index >= 15 is 0 Å². The lowest BCUT2D eigenvalue weighted by Gasteiger charge is -2.18. The van der Waals surface area contributed by atoms with Gasteiger partial charge in [-0.1, -0.05) is 103 Å². The summed E-state index contributed by atoms with van der Waals surface area (Å²) in [6.07, 6.45) is 11.7. The number of Topliss-reactive ketones (excluding diaryl/α,β-unsaturated/α-hetero) is 2. The number of hydrogen-bond donors (Lipinski definition) is 1. The molecule has 0 radical (unpaired) electrons. The van der Waals surface area contributed by atoms with Crippen molar-refractivity contribution in [3.8, 4) is 0 Å². The zero-order valence-electron chi connectivity index (χ0n) is 22.4. The summed E-state index contributed by atoms with van der Waals surface area (Å²) >= 11 is 0. The van der Waals surface area contributed by atoms with Crippen LogP contribution in [0.1, 0.15) is 120 Å². The van der Waals surface area contributed by atoms with E-state index in [2.05, 4.69) is 27.7 Å². The highest BCUT2D eigenvalue weighted by Gasteiger charge is 2.28. The molecule has 0 saturated heterocycles. The molecule has 0 bridgehead atoms. The molecule has 4 nitrogen and oxygen atoms in total. The van der Waals surface area contributed by atoms with E-state index < -0.39 is 5.97 Å². The largest absolute Gasteiger partial charge is 0.478 e. The van der Waals surface area contributed by atoms with Crippen molar-refractivity contribution in [2.45, 2.75) is 98.8 Å². The number of fused-ring (bicyclic) bond motifs is 1. The fourth-order valence-electron chi connectivity index (χ4n) is 4.94. The van der Waals surface area contributed by atoms with Crippen LogP contribution < -0.4 is 0 Å². The smallest absolute Gasteiger partial charge is 0.331 e. The Balaban J connectivity index is 1.82. The maximum Gasteiger partial charge on any atom is 0.331 e. The molecule has 35 heavy (non-hydrogen) atoms. The minimum absolute atomic E-state index is 0.149. The highest BCUT2D eigenvalue weighted by molar-refractivity contribution is 6.26. The van der Waals surface area contributed by atoms with E-state index in [9.17, 15) is 19.5 Å². The van der Waals surface area contributed by atoms with Crippen molar-refractivity contribution in [1.82, 2.24) is 0 Å². The average Bonchev–Trinajstić information content (AvgIpc) is 2.81.